The number of aliphatic hydroxyl groups is 3. The quantitative estimate of drug-likeness (QED) is 0.561. The van der Waals surface area contributed by atoms with Crippen LogP contribution < -0.4 is 0 Å². The molecule has 0 aromatic rings. The molecule has 1 unspecified atom stereocenters. The molecule has 3 rings (SSSR count). The average Bonchev–Trinajstić information content (AvgIpc) is 3.04. The summed E-state index contributed by atoms with van der Waals surface area (Å²) in [7, 11) is 0. The standard InChI is InChI=1S/C27H42O4/c1-17-8-11-21(28)16-20(17)10-9-19-7-6-14-27(5)22(12-13-23(19)27)18(2)15-24(29)25(30)26(3,4)31/h9-10,18,21-24,28-29,31H,1,6-8,11-16H2,2-5H3/b19-9-,20-10-/t18-,21+,22-,23+,24?,27-/m1/s1. The summed E-state index contributed by atoms with van der Waals surface area (Å²) in [6.45, 7) is 11.6. The Labute approximate surface area is 188 Å². The van der Waals surface area contributed by atoms with E-state index in [2.05, 4.69) is 32.6 Å². The third-order valence-electron chi connectivity index (χ3n) is 8.41. The average molecular weight is 431 g/mol. The molecular formula is C27H42O4. The lowest BCUT2D eigenvalue weighted by atomic mass is 9.60. The Balaban J connectivity index is 1.73. The van der Waals surface area contributed by atoms with E-state index in [-0.39, 0.29) is 17.4 Å². The van der Waals surface area contributed by atoms with Gasteiger partial charge in [0.05, 0.1) is 6.10 Å². The second-order valence-corrected chi connectivity index (χ2v) is 11.2. The SMILES string of the molecule is C=C1CC[C@H](O)C/C1=C/C=C1/CCC[C@]2(C)[C@@H]([C@H](C)CC(O)C(=O)C(C)(C)O)CC[C@@H]12. The Kier molecular flexibility index (Phi) is 7.35. The molecule has 0 aromatic carbocycles. The fourth-order valence-corrected chi connectivity index (χ4v) is 6.64. The first-order chi connectivity index (χ1) is 14.4. The van der Waals surface area contributed by atoms with Gasteiger partial charge >= 0.3 is 0 Å². The first kappa shape index (κ1) is 24.4. The van der Waals surface area contributed by atoms with Crippen LogP contribution in [0, 0.1) is 23.2 Å². The largest absolute Gasteiger partial charge is 0.393 e. The second-order valence-electron chi connectivity index (χ2n) is 11.2. The van der Waals surface area contributed by atoms with Gasteiger partial charge in [-0.3, -0.25) is 4.79 Å². The van der Waals surface area contributed by atoms with Crippen molar-refractivity contribution in [3.05, 3.63) is 35.5 Å². The lowest BCUT2D eigenvalue weighted by molar-refractivity contribution is -0.144. The molecule has 174 valence electrons. The minimum atomic E-state index is -1.49. The fraction of sp³-hybridized carbons (Fsp3) is 0.741. The van der Waals surface area contributed by atoms with Gasteiger partial charge < -0.3 is 15.3 Å². The van der Waals surface area contributed by atoms with Crippen molar-refractivity contribution in [1.29, 1.82) is 0 Å². The van der Waals surface area contributed by atoms with E-state index in [0.717, 1.165) is 37.7 Å². The molecule has 4 heteroatoms. The summed E-state index contributed by atoms with van der Waals surface area (Å²) in [4.78, 5) is 12.3. The Bertz CT molecular complexity index is 756. The van der Waals surface area contributed by atoms with Crippen molar-refractivity contribution in [1.82, 2.24) is 0 Å². The Morgan fingerprint density at radius 2 is 1.97 bits per heavy atom. The minimum Gasteiger partial charge on any atom is -0.393 e. The van der Waals surface area contributed by atoms with Crippen LogP contribution in [0.5, 0.6) is 0 Å². The van der Waals surface area contributed by atoms with Crippen LogP contribution in [-0.2, 0) is 4.79 Å². The molecule has 0 spiro atoms. The Morgan fingerprint density at radius 1 is 1.26 bits per heavy atom. The lowest BCUT2D eigenvalue weighted by Gasteiger charge is -2.44. The normalized spacial score (nSPS) is 36.5. The third kappa shape index (κ3) is 5.23. The maximum Gasteiger partial charge on any atom is 0.192 e. The van der Waals surface area contributed by atoms with E-state index in [1.54, 1.807) is 0 Å². The highest BCUT2D eigenvalue weighted by atomic mass is 16.3. The predicted octanol–water partition coefficient (Wildman–Crippen LogP) is 4.88. The first-order valence-corrected chi connectivity index (χ1v) is 12.1. The van der Waals surface area contributed by atoms with Crippen molar-refractivity contribution >= 4 is 5.78 Å². The second kappa shape index (κ2) is 9.33. The molecule has 0 amide bonds. The topological polar surface area (TPSA) is 77.8 Å². The summed E-state index contributed by atoms with van der Waals surface area (Å²) in [5.41, 5.74) is 2.55. The maximum absolute atomic E-state index is 12.3. The van der Waals surface area contributed by atoms with Gasteiger partial charge in [0.25, 0.3) is 0 Å². The Hall–Kier alpha value is -1.23. The predicted molar refractivity (Wildman–Crippen MR) is 124 cm³/mol. The number of ketones is 1. The van der Waals surface area contributed by atoms with Crippen molar-refractivity contribution in [2.75, 3.05) is 0 Å². The molecule has 4 nitrogen and oxygen atoms in total. The molecule has 0 aliphatic heterocycles. The van der Waals surface area contributed by atoms with Crippen LogP contribution in [0.25, 0.3) is 0 Å². The zero-order chi connectivity index (χ0) is 23.0. The van der Waals surface area contributed by atoms with Crippen LogP contribution >= 0.6 is 0 Å². The van der Waals surface area contributed by atoms with Gasteiger partial charge in [-0.1, -0.05) is 43.7 Å². The highest BCUT2D eigenvalue weighted by molar-refractivity contribution is 5.89. The van der Waals surface area contributed by atoms with E-state index in [0.29, 0.717) is 24.7 Å². The van der Waals surface area contributed by atoms with Crippen LogP contribution in [0.1, 0.15) is 85.5 Å². The van der Waals surface area contributed by atoms with Crippen LogP contribution in [0.15, 0.2) is 35.5 Å². The number of rotatable bonds is 6. The molecule has 31 heavy (non-hydrogen) atoms. The van der Waals surface area contributed by atoms with Gasteiger partial charge in [-0.05, 0) is 100 Å². The van der Waals surface area contributed by atoms with Gasteiger partial charge in [0.2, 0.25) is 0 Å². The zero-order valence-corrected chi connectivity index (χ0v) is 19.9. The number of carbonyl (C=O) groups is 1. The van der Waals surface area contributed by atoms with Crippen molar-refractivity contribution in [2.24, 2.45) is 23.2 Å². The van der Waals surface area contributed by atoms with E-state index in [1.807, 2.05) is 0 Å². The molecule has 0 aromatic heterocycles. The van der Waals surface area contributed by atoms with Crippen molar-refractivity contribution < 1.29 is 20.1 Å². The van der Waals surface area contributed by atoms with E-state index in [9.17, 15) is 20.1 Å². The summed E-state index contributed by atoms with van der Waals surface area (Å²) < 4.78 is 0. The van der Waals surface area contributed by atoms with Crippen molar-refractivity contribution in [2.45, 2.75) is 103 Å². The number of carbonyl (C=O) groups excluding carboxylic acids is 1. The number of fused-ring (bicyclic) bond motifs is 1. The van der Waals surface area contributed by atoms with E-state index in [1.165, 1.54) is 37.8 Å². The van der Waals surface area contributed by atoms with Crippen LogP contribution in [-0.4, -0.2) is 38.9 Å². The zero-order valence-electron chi connectivity index (χ0n) is 19.9. The molecule has 3 saturated carbocycles. The van der Waals surface area contributed by atoms with Crippen molar-refractivity contribution in [3.8, 4) is 0 Å². The molecular weight excluding hydrogens is 388 g/mol. The van der Waals surface area contributed by atoms with Gasteiger partial charge in [-0.2, -0.15) is 0 Å². The maximum atomic E-state index is 12.3. The number of allylic oxidation sites excluding steroid dienone is 4. The first-order valence-electron chi connectivity index (χ1n) is 12.1. The monoisotopic (exact) mass is 430 g/mol. The molecule has 3 N–H and O–H groups in total. The number of Topliss-reactive ketones (excluding diaryl/α,β-unsaturated/α-hetero) is 1. The van der Waals surface area contributed by atoms with Crippen molar-refractivity contribution in [3.63, 3.8) is 0 Å². The van der Waals surface area contributed by atoms with E-state index in [4.69, 9.17) is 0 Å². The summed E-state index contributed by atoms with van der Waals surface area (Å²) in [5.74, 6) is 0.742. The molecule has 3 aliphatic rings. The van der Waals surface area contributed by atoms with Gasteiger partial charge in [-0.25, -0.2) is 0 Å². The molecule has 0 bridgehead atoms. The highest BCUT2D eigenvalue weighted by Crippen LogP contribution is 2.59. The molecule has 3 aliphatic carbocycles. The van der Waals surface area contributed by atoms with Gasteiger partial charge in [-0.15, -0.1) is 0 Å². The fourth-order valence-electron chi connectivity index (χ4n) is 6.64. The Morgan fingerprint density at radius 3 is 2.65 bits per heavy atom. The van der Waals surface area contributed by atoms with Crippen LogP contribution in [0.3, 0.4) is 0 Å². The molecule has 0 heterocycles. The number of hydrogen-bond donors (Lipinski definition) is 3. The van der Waals surface area contributed by atoms with Gasteiger partial charge in [0.15, 0.2) is 5.78 Å². The minimum absolute atomic E-state index is 0.183. The van der Waals surface area contributed by atoms with Gasteiger partial charge in [0.1, 0.15) is 11.7 Å². The molecule has 3 fully saturated rings. The summed E-state index contributed by atoms with van der Waals surface area (Å²) >= 11 is 0. The smallest absolute Gasteiger partial charge is 0.192 e. The lowest BCUT2D eigenvalue weighted by Crippen LogP contribution is -2.42. The summed E-state index contributed by atoms with van der Waals surface area (Å²) in [6.07, 6.45) is 11.7. The summed E-state index contributed by atoms with van der Waals surface area (Å²) in [5, 5.41) is 30.4. The van der Waals surface area contributed by atoms with E-state index < -0.39 is 17.5 Å². The van der Waals surface area contributed by atoms with Crippen LogP contribution in [0.4, 0.5) is 0 Å². The molecule has 0 radical (unpaired) electrons. The van der Waals surface area contributed by atoms with E-state index >= 15 is 0 Å². The molecule has 6 atom stereocenters. The molecule has 0 saturated heterocycles. The highest BCUT2D eigenvalue weighted by Gasteiger charge is 2.51. The number of hydrogen-bond acceptors (Lipinski definition) is 4. The van der Waals surface area contributed by atoms with Gasteiger partial charge in [0, 0.05) is 0 Å². The third-order valence-corrected chi connectivity index (χ3v) is 8.41. The van der Waals surface area contributed by atoms with Crippen LogP contribution in [0.2, 0.25) is 0 Å². The summed E-state index contributed by atoms with van der Waals surface area (Å²) in [6, 6.07) is 0. The number of aliphatic hydroxyl groups excluding tert-OH is 2.